The van der Waals surface area contributed by atoms with E-state index < -0.39 is 6.10 Å². The van der Waals surface area contributed by atoms with Crippen molar-refractivity contribution in [2.75, 3.05) is 19.7 Å². The number of hydrogen-bond donors (Lipinski definition) is 3. The molecule has 0 saturated heterocycles. The molecular weight excluding hydrogens is 328 g/mol. The number of nitrogens with zero attached hydrogens (tertiary/aromatic N) is 2. The molecule has 0 saturated carbocycles. The van der Waals surface area contributed by atoms with E-state index in [1.165, 1.54) is 0 Å². The molecule has 0 aliphatic rings. The third-order valence-corrected chi connectivity index (χ3v) is 3.78. The number of hydrogen-bond acceptors (Lipinski definition) is 4. The van der Waals surface area contributed by atoms with Crippen molar-refractivity contribution in [3.05, 3.63) is 66.0 Å². The Morgan fingerprint density at radius 3 is 2.62 bits per heavy atom. The molecule has 1 heterocycles. The monoisotopic (exact) mass is 356 g/mol. The number of aliphatic imine (C=N–C) groups is 1. The minimum atomic E-state index is -0.625. The quantitative estimate of drug-likeness (QED) is 0.474. The summed E-state index contributed by atoms with van der Waals surface area (Å²) in [5.41, 5.74) is 1.99. The highest BCUT2D eigenvalue weighted by Gasteiger charge is 2.10. The van der Waals surface area contributed by atoms with Gasteiger partial charge in [0.2, 0.25) is 0 Å². The first-order chi connectivity index (χ1) is 12.7. The zero-order chi connectivity index (χ0) is 18.6. The van der Waals surface area contributed by atoms with Crippen LogP contribution in [0.4, 0.5) is 0 Å². The molecule has 0 amide bonds. The van der Waals surface area contributed by atoms with Gasteiger partial charge < -0.3 is 20.5 Å². The SMILES string of the molecule is CCNC(=NCc1ccccn1)NCC(O)COC(C)c1ccccc1. The summed E-state index contributed by atoms with van der Waals surface area (Å²) in [5, 5.41) is 16.5. The number of benzene rings is 1. The summed E-state index contributed by atoms with van der Waals surface area (Å²) in [6.45, 7) is 5.81. The van der Waals surface area contributed by atoms with Crippen molar-refractivity contribution in [1.29, 1.82) is 0 Å². The molecule has 26 heavy (non-hydrogen) atoms. The van der Waals surface area contributed by atoms with E-state index in [1.54, 1.807) is 6.20 Å². The number of guanidine groups is 1. The minimum absolute atomic E-state index is 0.0584. The molecule has 0 spiro atoms. The van der Waals surface area contributed by atoms with Crippen molar-refractivity contribution in [3.8, 4) is 0 Å². The predicted octanol–water partition coefficient (Wildman–Crippen LogP) is 2.28. The molecule has 6 heteroatoms. The Labute approximate surface area is 155 Å². The van der Waals surface area contributed by atoms with Crippen LogP contribution in [-0.4, -0.2) is 41.9 Å². The van der Waals surface area contributed by atoms with Crippen LogP contribution in [0.15, 0.2) is 59.7 Å². The summed E-state index contributed by atoms with van der Waals surface area (Å²) in [7, 11) is 0. The van der Waals surface area contributed by atoms with Crippen LogP contribution in [0.5, 0.6) is 0 Å². The van der Waals surface area contributed by atoms with E-state index >= 15 is 0 Å². The zero-order valence-electron chi connectivity index (χ0n) is 15.4. The van der Waals surface area contributed by atoms with Gasteiger partial charge in [-0.15, -0.1) is 0 Å². The standard InChI is InChI=1S/C20H28N4O2/c1-3-21-20(23-13-18-11-7-8-12-22-18)24-14-19(25)15-26-16(2)17-9-5-4-6-10-17/h4-12,16,19,25H,3,13-15H2,1-2H3,(H2,21,23,24). The number of aliphatic hydroxyl groups is 1. The van der Waals surface area contributed by atoms with Crippen molar-refractivity contribution in [2.24, 2.45) is 4.99 Å². The Hall–Kier alpha value is -2.44. The fourth-order valence-corrected chi connectivity index (χ4v) is 2.34. The smallest absolute Gasteiger partial charge is 0.191 e. The lowest BCUT2D eigenvalue weighted by molar-refractivity contribution is -0.000599. The molecular formula is C20H28N4O2. The van der Waals surface area contributed by atoms with Gasteiger partial charge in [-0.1, -0.05) is 36.4 Å². The fourth-order valence-electron chi connectivity index (χ4n) is 2.34. The van der Waals surface area contributed by atoms with Gasteiger partial charge in [-0.2, -0.15) is 0 Å². The van der Waals surface area contributed by atoms with Crippen molar-refractivity contribution in [2.45, 2.75) is 32.6 Å². The zero-order valence-corrected chi connectivity index (χ0v) is 15.4. The first-order valence-electron chi connectivity index (χ1n) is 8.95. The third-order valence-electron chi connectivity index (χ3n) is 3.78. The summed E-state index contributed by atoms with van der Waals surface area (Å²) in [5.74, 6) is 0.647. The predicted molar refractivity (Wildman–Crippen MR) is 104 cm³/mol. The maximum absolute atomic E-state index is 10.2. The van der Waals surface area contributed by atoms with Gasteiger partial charge in [0, 0.05) is 19.3 Å². The highest BCUT2D eigenvalue weighted by atomic mass is 16.5. The molecule has 0 radical (unpaired) electrons. The van der Waals surface area contributed by atoms with E-state index in [0.717, 1.165) is 17.8 Å². The molecule has 0 fully saturated rings. The molecule has 3 N–H and O–H groups in total. The number of pyridine rings is 1. The molecule has 2 atom stereocenters. The van der Waals surface area contributed by atoms with E-state index in [-0.39, 0.29) is 12.7 Å². The van der Waals surface area contributed by atoms with Gasteiger partial charge in [0.05, 0.1) is 31.1 Å². The summed E-state index contributed by atoms with van der Waals surface area (Å²) in [6.07, 6.45) is 1.07. The molecule has 2 unspecified atom stereocenters. The topological polar surface area (TPSA) is 78.8 Å². The summed E-state index contributed by atoms with van der Waals surface area (Å²) < 4.78 is 5.75. The van der Waals surface area contributed by atoms with Crippen LogP contribution in [0, 0.1) is 0 Å². The summed E-state index contributed by atoms with van der Waals surface area (Å²) in [6, 6.07) is 15.7. The Morgan fingerprint density at radius 2 is 1.92 bits per heavy atom. The first kappa shape index (κ1) is 19.9. The van der Waals surface area contributed by atoms with E-state index in [2.05, 4.69) is 20.6 Å². The van der Waals surface area contributed by atoms with Crippen molar-refractivity contribution in [3.63, 3.8) is 0 Å². The maximum atomic E-state index is 10.2. The molecule has 0 aliphatic carbocycles. The molecule has 1 aromatic heterocycles. The van der Waals surface area contributed by atoms with Crippen molar-refractivity contribution in [1.82, 2.24) is 15.6 Å². The third kappa shape index (κ3) is 7.21. The minimum Gasteiger partial charge on any atom is -0.389 e. The van der Waals surface area contributed by atoms with Crippen molar-refractivity contribution < 1.29 is 9.84 Å². The average Bonchev–Trinajstić information content (AvgIpc) is 2.69. The van der Waals surface area contributed by atoms with Crippen LogP contribution in [0.1, 0.15) is 31.2 Å². The Morgan fingerprint density at radius 1 is 1.15 bits per heavy atom. The lowest BCUT2D eigenvalue weighted by atomic mass is 10.1. The molecule has 140 valence electrons. The first-order valence-corrected chi connectivity index (χ1v) is 8.95. The van der Waals surface area contributed by atoms with E-state index in [1.807, 2.05) is 62.4 Å². The maximum Gasteiger partial charge on any atom is 0.191 e. The van der Waals surface area contributed by atoms with Gasteiger partial charge in [-0.25, -0.2) is 4.99 Å². The van der Waals surface area contributed by atoms with Gasteiger partial charge in [-0.05, 0) is 31.5 Å². The number of rotatable bonds is 9. The molecule has 2 rings (SSSR count). The Bertz CT molecular complexity index is 649. The Kier molecular flexibility index (Phi) is 8.59. The second kappa shape index (κ2) is 11.2. The van der Waals surface area contributed by atoms with Crippen LogP contribution < -0.4 is 10.6 Å². The van der Waals surface area contributed by atoms with Crippen LogP contribution >= 0.6 is 0 Å². The molecule has 2 aromatic rings. The average molecular weight is 356 g/mol. The van der Waals surface area contributed by atoms with Gasteiger partial charge in [-0.3, -0.25) is 4.98 Å². The van der Waals surface area contributed by atoms with Gasteiger partial charge in [0.1, 0.15) is 0 Å². The fraction of sp³-hybridized carbons (Fsp3) is 0.400. The number of nitrogens with one attached hydrogen (secondary N) is 2. The highest BCUT2D eigenvalue weighted by molar-refractivity contribution is 5.79. The van der Waals surface area contributed by atoms with Gasteiger partial charge >= 0.3 is 0 Å². The molecule has 0 aliphatic heterocycles. The molecule has 0 bridgehead atoms. The van der Waals surface area contributed by atoms with Crippen LogP contribution in [0.2, 0.25) is 0 Å². The normalized spacial score (nSPS) is 13.9. The second-order valence-corrected chi connectivity index (χ2v) is 5.94. The van der Waals surface area contributed by atoms with Gasteiger partial charge in [0.15, 0.2) is 5.96 Å². The second-order valence-electron chi connectivity index (χ2n) is 5.94. The van der Waals surface area contributed by atoms with Crippen molar-refractivity contribution >= 4 is 5.96 Å². The highest BCUT2D eigenvalue weighted by Crippen LogP contribution is 2.15. The lowest BCUT2D eigenvalue weighted by Crippen LogP contribution is -2.42. The lowest BCUT2D eigenvalue weighted by Gasteiger charge is -2.18. The van der Waals surface area contributed by atoms with Crippen LogP contribution in [0.25, 0.3) is 0 Å². The largest absolute Gasteiger partial charge is 0.389 e. The number of aromatic nitrogens is 1. The molecule has 1 aromatic carbocycles. The number of ether oxygens (including phenoxy) is 1. The summed E-state index contributed by atoms with van der Waals surface area (Å²) in [4.78, 5) is 8.73. The molecule has 6 nitrogen and oxygen atoms in total. The Balaban J connectivity index is 1.76. The van der Waals surface area contributed by atoms with E-state index in [9.17, 15) is 5.11 Å². The van der Waals surface area contributed by atoms with E-state index in [0.29, 0.717) is 19.0 Å². The number of aliphatic hydroxyl groups excluding tert-OH is 1. The van der Waals surface area contributed by atoms with Crippen LogP contribution in [-0.2, 0) is 11.3 Å². The van der Waals surface area contributed by atoms with Gasteiger partial charge in [0.25, 0.3) is 0 Å². The van der Waals surface area contributed by atoms with Crippen LogP contribution in [0.3, 0.4) is 0 Å². The summed E-state index contributed by atoms with van der Waals surface area (Å²) >= 11 is 0. The van der Waals surface area contributed by atoms with E-state index in [4.69, 9.17) is 4.74 Å².